The predicted octanol–water partition coefficient (Wildman–Crippen LogP) is 1.92. The molecule has 2 N–H and O–H groups in total. The molecule has 0 rings (SSSR count). The molecule has 0 saturated carbocycles. The molecule has 0 aliphatic carbocycles. The first-order valence-electron chi connectivity index (χ1n) is 2.50. The van der Waals surface area contributed by atoms with Crippen LogP contribution in [0.2, 0.25) is 0 Å². The van der Waals surface area contributed by atoms with Gasteiger partial charge in [-0.15, -0.1) is 12.4 Å². The van der Waals surface area contributed by atoms with Gasteiger partial charge >= 0.3 is 0 Å². The number of hydrogen-bond donors (Lipinski definition) is 2. The lowest BCUT2D eigenvalue weighted by Crippen LogP contribution is -1.91. The SMILES string of the molecule is CCNCl.CCNCl.Cl. The van der Waals surface area contributed by atoms with Crippen LogP contribution < -0.4 is 9.67 Å². The van der Waals surface area contributed by atoms with Gasteiger partial charge in [-0.3, -0.25) is 0 Å². The van der Waals surface area contributed by atoms with Crippen LogP contribution in [0.15, 0.2) is 0 Å². The number of rotatable bonds is 2. The van der Waals surface area contributed by atoms with Gasteiger partial charge in [0.15, 0.2) is 0 Å². The van der Waals surface area contributed by atoms with Gasteiger partial charge in [-0.1, -0.05) is 13.8 Å². The van der Waals surface area contributed by atoms with Crippen LogP contribution >= 0.6 is 36.0 Å². The molecular weight excluding hydrogens is 182 g/mol. The quantitative estimate of drug-likeness (QED) is 0.658. The molecule has 0 saturated heterocycles. The summed E-state index contributed by atoms with van der Waals surface area (Å²) in [5, 5.41) is 0. The Bertz CT molecular complexity index is 21.8. The van der Waals surface area contributed by atoms with Crippen LogP contribution in [0.25, 0.3) is 0 Å². The minimum absolute atomic E-state index is 0. The maximum absolute atomic E-state index is 4.94. The molecule has 0 aromatic rings. The van der Waals surface area contributed by atoms with Crippen molar-refractivity contribution in [3.05, 3.63) is 0 Å². The fourth-order valence-corrected chi connectivity index (χ4v) is 0. The topological polar surface area (TPSA) is 24.1 Å². The molecule has 0 spiro atoms. The second kappa shape index (κ2) is 23.2. The van der Waals surface area contributed by atoms with E-state index in [1.807, 2.05) is 13.8 Å². The highest BCUT2D eigenvalue weighted by Gasteiger charge is 1.54. The largest absolute Gasteiger partial charge is 0.234 e. The highest BCUT2D eigenvalue weighted by atomic mass is 35.5. The third-order valence-corrected chi connectivity index (χ3v) is 0.802. The molecule has 0 aliphatic heterocycles. The molecule has 60 valence electrons. The van der Waals surface area contributed by atoms with Gasteiger partial charge in [0.05, 0.1) is 0 Å². The lowest BCUT2D eigenvalue weighted by atomic mass is 10.8. The van der Waals surface area contributed by atoms with Crippen molar-refractivity contribution >= 4 is 36.0 Å². The Morgan fingerprint density at radius 1 is 1.00 bits per heavy atom. The molecule has 0 atom stereocenters. The van der Waals surface area contributed by atoms with Crippen LogP contribution in [-0.2, 0) is 0 Å². The Kier molecular flexibility index (Phi) is 42.4. The zero-order chi connectivity index (χ0) is 6.83. The maximum atomic E-state index is 4.94. The van der Waals surface area contributed by atoms with Gasteiger partial charge in [0.1, 0.15) is 0 Å². The first kappa shape index (κ1) is 16.4. The van der Waals surface area contributed by atoms with Crippen LogP contribution in [0.4, 0.5) is 0 Å². The smallest absolute Gasteiger partial charge is 0.00793 e. The fraction of sp³-hybridized carbons (Fsp3) is 1.00. The van der Waals surface area contributed by atoms with Crippen molar-refractivity contribution in [2.24, 2.45) is 0 Å². The van der Waals surface area contributed by atoms with Crippen molar-refractivity contribution in [1.82, 2.24) is 9.67 Å². The summed E-state index contributed by atoms with van der Waals surface area (Å²) >= 11 is 9.87. The van der Waals surface area contributed by atoms with Crippen molar-refractivity contribution in [3.8, 4) is 0 Å². The Morgan fingerprint density at radius 3 is 1.11 bits per heavy atom. The highest BCUT2D eigenvalue weighted by Crippen LogP contribution is 1.52. The van der Waals surface area contributed by atoms with Gasteiger partial charge in [0.25, 0.3) is 0 Å². The van der Waals surface area contributed by atoms with E-state index in [1.54, 1.807) is 0 Å². The van der Waals surface area contributed by atoms with E-state index in [2.05, 4.69) is 9.67 Å². The lowest BCUT2D eigenvalue weighted by Gasteiger charge is -1.72. The van der Waals surface area contributed by atoms with Crippen LogP contribution in [0.3, 0.4) is 0 Å². The van der Waals surface area contributed by atoms with Gasteiger partial charge in [-0.05, 0) is 23.6 Å². The number of nitrogens with one attached hydrogen (secondary N) is 2. The van der Waals surface area contributed by atoms with E-state index < -0.39 is 0 Å². The molecule has 0 aliphatic rings. The number of halogens is 3. The average Bonchev–Trinajstić information content (AvgIpc) is 1.88. The Hall–Kier alpha value is 0.790. The molecule has 9 heavy (non-hydrogen) atoms. The molecule has 0 aromatic heterocycles. The monoisotopic (exact) mass is 194 g/mol. The summed E-state index contributed by atoms with van der Waals surface area (Å²) in [4.78, 5) is 4.81. The van der Waals surface area contributed by atoms with Crippen molar-refractivity contribution in [3.63, 3.8) is 0 Å². The molecule has 0 heterocycles. The van der Waals surface area contributed by atoms with E-state index in [0.29, 0.717) is 0 Å². The first-order chi connectivity index (χ1) is 3.83. The van der Waals surface area contributed by atoms with Crippen LogP contribution in [0.5, 0.6) is 0 Å². The Morgan fingerprint density at radius 2 is 1.11 bits per heavy atom. The molecule has 0 bridgehead atoms. The van der Waals surface area contributed by atoms with Gasteiger partial charge in [0, 0.05) is 13.1 Å². The summed E-state index contributed by atoms with van der Waals surface area (Å²) in [6.45, 7) is 5.54. The molecule has 5 heteroatoms. The van der Waals surface area contributed by atoms with Crippen molar-refractivity contribution in [2.75, 3.05) is 13.1 Å². The number of hydrogen-bond acceptors (Lipinski definition) is 2. The Balaban J connectivity index is -0.0000000720. The van der Waals surface area contributed by atoms with E-state index in [0.717, 1.165) is 13.1 Å². The summed E-state index contributed by atoms with van der Waals surface area (Å²) in [5.41, 5.74) is 0. The Labute approximate surface area is 72.9 Å². The maximum Gasteiger partial charge on any atom is 0.00793 e. The fourth-order valence-electron chi connectivity index (χ4n) is 0. The molecule has 0 aromatic carbocycles. The van der Waals surface area contributed by atoms with Gasteiger partial charge in [-0.25, -0.2) is 9.67 Å². The summed E-state index contributed by atoms with van der Waals surface area (Å²) < 4.78 is 0. The van der Waals surface area contributed by atoms with Crippen LogP contribution in [0.1, 0.15) is 13.8 Å². The van der Waals surface area contributed by atoms with Crippen LogP contribution in [0, 0.1) is 0 Å². The zero-order valence-corrected chi connectivity index (χ0v) is 7.91. The summed E-state index contributed by atoms with van der Waals surface area (Å²) in [6.07, 6.45) is 0. The standard InChI is InChI=1S/2C2H6ClN.ClH/c2*1-2-4-3;/h2*4H,2H2,1H3;1H. The lowest BCUT2D eigenvalue weighted by molar-refractivity contribution is 1.02. The van der Waals surface area contributed by atoms with E-state index in [9.17, 15) is 0 Å². The highest BCUT2D eigenvalue weighted by molar-refractivity contribution is 6.13. The van der Waals surface area contributed by atoms with E-state index in [4.69, 9.17) is 23.6 Å². The molecule has 0 radical (unpaired) electrons. The van der Waals surface area contributed by atoms with Crippen molar-refractivity contribution < 1.29 is 0 Å². The molecular formula is C4H13Cl3N2. The summed E-state index contributed by atoms with van der Waals surface area (Å²) in [6, 6.07) is 0. The first-order valence-corrected chi connectivity index (χ1v) is 3.26. The molecule has 0 fully saturated rings. The molecule has 2 nitrogen and oxygen atoms in total. The minimum atomic E-state index is 0. The van der Waals surface area contributed by atoms with E-state index >= 15 is 0 Å². The summed E-state index contributed by atoms with van der Waals surface area (Å²) in [7, 11) is 0. The van der Waals surface area contributed by atoms with Gasteiger partial charge < -0.3 is 0 Å². The van der Waals surface area contributed by atoms with Crippen LogP contribution in [-0.4, -0.2) is 13.1 Å². The average molecular weight is 196 g/mol. The van der Waals surface area contributed by atoms with Gasteiger partial charge in [-0.2, -0.15) is 0 Å². The molecule has 0 unspecified atom stereocenters. The zero-order valence-electron chi connectivity index (χ0n) is 5.58. The summed E-state index contributed by atoms with van der Waals surface area (Å²) in [5.74, 6) is 0. The van der Waals surface area contributed by atoms with Crippen molar-refractivity contribution in [2.45, 2.75) is 13.8 Å². The second-order valence-corrected chi connectivity index (χ2v) is 1.51. The third-order valence-electron chi connectivity index (χ3n) is 0.267. The van der Waals surface area contributed by atoms with Gasteiger partial charge in [0.2, 0.25) is 0 Å². The van der Waals surface area contributed by atoms with Crippen molar-refractivity contribution in [1.29, 1.82) is 0 Å². The molecule has 0 amide bonds. The predicted molar refractivity (Wildman–Crippen MR) is 46.3 cm³/mol. The minimum Gasteiger partial charge on any atom is -0.234 e. The normalized spacial score (nSPS) is 6.67. The van der Waals surface area contributed by atoms with E-state index in [1.165, 1.54) is 0 Å². The third kappa shape index (κ3) is 52.1. The second-order valence-electron chi connectivity index (χ2n) is 0.974. The van der Waals surface area contributed by atoms with E-state index in [-0.39, 0.29) is 12.4 Å².